The van der Waals surface area contributed by atoms with Crippen LogP contribution in [-0.2, 0) is 0 Å². The third-order valence-corrected chi connectivity index (χ3v) is 3.56. The van der Waals surface area contributed by atoms with Crippen LogP contribution in [0, 0.1) is 0 Å². The third-order valence-electron chi connectivity index (χ3n) is 3.56. The van der Waals surface area contributed by atoms with Gasteiger partial charge in [0.2, 0.25) is 0 Å². The van der Waals surface area contributed by atoms with Crippen molar-refractivity contribution in [2.45, 2.75) is 96.8 Å². The highest BCUT2D eigenvalue weighted by Gasteiger charge is 1.93. The van der Waals surface area contributed by atoms with Crippen molar-refractivity contribution >= 4 is 8.60 Å². The largest absolute Gasteiger partial charge is 0.330 e. The number of hydrogen-bond donors (Lipinski definition) is 4. The highest BCUT2D eigenvalue weighted by atomic mass is 31.2. The molecule has 0 bridgehead atoms. The van der Waals surface area contributed by atoms with Crippen molar-refractivity contribution in [3.8, 4) is 0 Å². The van der Waals surface area contributed by atoms with Crippen molar-refractivity contribution in [3.05, 3.63) is 0 Å². The average molecular weight is 323 g/mol. The summed E-state index contributed by atoms with van der Waals surface area (Å²) in [5.74, 6) is 0. The molecule has 0 rings (SSSR count). The quantitative estimate of drug-likeness (QED) is 0.277. The van der Waals surface area contributed by atoms with Gasteiger partial charge in [0, 0.05) is 0 Å². The molecule has 21 heavy (non-hydrogen) atoms. The fourth-order valence-electron chi connectivity index (χ4n) is 2.34. The molecule has 0 spiro atoms. The predicted molar refractivity (Wildman–Crippen MR) is 92.9 cm³/mol. The minimum absolute atomic E-state index is 0.873. The van der Waals surface area contributed by atoms with Crippen molar-refractivity contribution in [2.75, 3.05) is 6.54 Å². The van der Waals surface area contributed by atoms with Gasteiger partial charge in [-0.1, -0.05) is 90.4 Å². The van der Waals surface area contributed by atoms with Gasteiger partial charge in [0.05, 0.1) is 0 Å². The maximum atomic E-state index is 7.23. The Kier molecular flexibility index (Phi) is 25.3. The number of hydrogen-bond acceptors (Lipinski definition) is 4. The molecule has 4 nitrogen and oxygen atoms in total. The smallest absolute Gasteiger partial charge is 0.324 e. The molecule has 0 unspecified atom stereocenters. The van der Waals surface area contributed by atoms with E-state index in [0.717, 1.165) is 6.54 Å². The first-order chi connectivity index (χ1) is 10.1. The summed E-state index contributed by atoms with van der Waals surface area (Å²) in [6, 6.07) is 0. The topological polar surface area (TPSA) is 86.7 Å². The lowest BCUT2D eigenvalue weighted by Gasteiger charge is -2.02. The minimum atomic E-state index is -2.62. The third kappa shape index (κ3) is 33.2. The minimum Gasteiger partial charge on any atom is -0.330 e. The van der Waals surface area contributed by atoms with E-state index < -0.39 is 8.60 Å². The van der Waals surface area contributed by atoms with Crippen LogP contribution < -0.4 is 5.73 Å². The van der Waals surface area contributed by atoms with Crippen molar-refractivity contribution in [1.29, 1.82) is 0 Å². The van der Waals surface area contributed by atoms with Crippen molar-refractivity contribution in [2.24, 2.45) is 5.73 Å². The highest BCUT2D eigenvalue weighted by molar-refractivity contribution is 7.38. The fraction of sp³-hybridized carbons (Fsp3) is 1.00. The molecule has 0 atom stereocenters. The lowest BCUT2D eigenvalue weighted by Crippen LogP contribution is -1.97. The Hall–Kier alpha value is 0.270. The predicted octanol–water partition coefficient (Wildman–Crippen LogP) is 4.62. The summed E-state index contributed by atoms with van der Waals surface area (Å²) in [5.41, 5.74) is 5.47. The molecular weight excluding hydrogens is 285 g/mol. The van der Waals surface area contributed by atoms with E-state index in [1.54, 1.807) is 0 Å². The van der Waals surface area contributed by atoms with E-state index in [1.807, 2.05) is 0 Å². The summed E-state index contributed by atoms with van der Waals surface area (Å²) < 4.78 is 0. The molecule has 0 aliphatic rings. The van der Waals surface area contributed by atoms with Gasteiger partial charge in [-0.05, 0) is 13.0 Å². The Bertz CT molecular complexity index is 155. The molecule has 5 heteroatoms. The Morgan fingerprint density at radius 1 is 0.571 bits per heavy atom. The average Bonchev–Trinajstić information content (AvgIpc) is 2.43. The SMILES string of the molecule is CCCCCCCCCCCCCCCCN.OP(O)O. The number of rotatable bonds is 14. The van der Waals surface area contributed by atoms with Crippen molar-refractivity contribution in [3.63, 3.8) is 0 Å². The Morgan fingerprint density at radius 3 is 1.05 bits per heavy atom. The van der Waals surface area contributed by atoms with Crippen LogP contribution in [0.3, 0.4) is 0 Å². The zero-order valence-corrected chi connectivity index (χ0v) is 14.9. The van der Waals surface area contributed by atoms with Gasteiger partial charge in [-0.25, -0.2) is 0 Å². The molecule has 0 amide bonds. The molecule has 0 radical (unpaired) electrons. The van der Waals surface area contributed by atoms with Gasteiger partial charge in [-0.3, -0.25) is 0 Å². The highest BCUT2D eigenvalue weighted by Crippen LogP contribution is 2.12. The molecule has 0 aromatic rings. The van der Waals surface area contributed by atoms with Crippen molar-refractivity contribution in [1.82, 2.24) is 0 Å². The number of unbranched alkanes of at least 4 members (excludes halogenated alkanes) is 13. The standard InChI is InChI=1S/C16H35N.H3O3P/c1-2-3-4-5-6-7-8-9-10-11-12-13-14-15-16-17;1-4(2)3/h2-17H2,1H3;1-3H. The van der Waals surface area contributed by atoms with Gasteiger partial charge < -0.3 is 20.4 Å². The van der Waals surface area contributed by atoms with Crippen LogP contribution in [0.1, 0.15) is 96.8 Å². The Morgan fingerprint density at radius 2 is 0.810 bits per heavy atom. The lowest BCUT2D eigenvalue weighted by atomic mass is 10.0. The van der Waals surface area contributed by atoms with Gasteiger partial charge in [0.15, 0.2) is 0 Å². The Balaban J connectivity index is 0. The van der Waals surface area contributed by atoms with Crippen LogP contribution in [0.25, 0.3) is 0 Å². The van der Waals surface area contributed by atoms with E-state index in [2.05, 4.69) is 6.92 Å². The zero-order valence-electron chi connectivity index (χ0n) is 14.0. The summed E-state index contributed by atoms with van der Waals surface area (Å²) in [4.78, 5) is 21.7. The first-order valence-electron chi connectivity index (χ1n) is 8.72. The Labute approximate surface area is 133 Å². The van der Waals surface area contributed by atoms with E-state index in [0.29, 0.717) is 0 Å². The molecule has 0 aromatic heterocycles. The van der Waals surface area contributed by atoms with Gasteiger partial charge in [0.1, 0.15) is 0 Å². The number of nitrogens with two attached hydrogens (primary N) is 1. The van der Waals surface area contributed by atoms with E-state index in [-0.39, 0.29) is 0 Å². The second-order valence-corrected chi connectivity index (χ2v) is 6.19. The van der Waals surface area contributed by atoms with E-state index >= 15 is 0 Å². The second kappa shape index (κ2) is 22.5. The lowest BCUT2D eigenvalue weighted by molar-refractivity contribution is 0.368. The van der Waals surface area contributed by atoms with Gasteiger partial charge in [-0.15, -0.1) is 0 Å². The van der Waals surface area contributed by atoms with Crippen LogP contribution in [0.4, 0.5) is 0 Å². The van der Waals surface area contributed by atoms with Crippen LogP contribution in [0.2, 0.25) is 0 Å². The molecule has 0 saturated heterocycles. The zero-order chi connectivity index (χ0) is 16.2. The summed E-state index contributed by atoms with van der Waals surface area (Å²) >= 11 is 0. The molecular formula is C16H38NO3P. The molecule has 0 saturated carbocycles. The van der Waals surface area contributed by atoms with Gasteiger partial charge in [0.25, 0.3) is 0 Å². The summed E-state index contributed by atoms with van der Waals surface area (Å²) in [6.45, 7) is 3.16. The molecule has 0 aliphatic heterocycles. The molecule has 0 heterocycles. The molecule has 5 N–H and O–H groups in total. The van der Waals surface area contributed by atoms with Crippen LogP contribution >= 0.6 is 8.60 Å². The first-order valence-corrected chi connectivity index (χ1v) is 9.92. The first kappa shape index (κ1) is 23.5. The fourth-order valence-corrected chi connectivity index (χ4v) is 2.34. The maximum Gasteiger partial charge on any atom is 0.324 e. The second-order valence-electron chi connectivity index (χ2n) is 5.65. The summed E-state index contributed by atoms with van der Waals surface area (Å²) in [7, 11) is -2.62. The molecule has 130 valence electrons. The molecule has 0 fully saturated rings. The summed E-state index contributed by atoms with van der Waals surface area (Å²) in [6.07, 6.45) is 19.9. The molecule has 0 aliphatic carbocycles. The maximum absolute atomic E-state index is 7.23. The van der Waals surface area contributed by atoms with Gasteiger partial charge in [-0.2, -0.15) is 0 Å². The van der Waals surface area contributed by atoms with Crippen LogP contribution in [-0.4, -0.2) is 21.2 Å². The van der Waals surface area contributed by atoms with E-state index in [4.69, 9.17) is 20.4 Å². The van der Waals surface area contributed by atoms with Gasteiger partial charge >= 0.3 is 8.60 Å². The van der Waals surface area contributed by atoms with E-state index in [1.165, 1.54) is 89.9 Å². The monoisotopic (exact) mass is 323 g/mol. The molecule has 0 aromatic carbocycles. The van der Waals surface area contributed by atoms with Crippen LogP contribution in [0.15, 0.2) is 0 Å². The summed E-state index contributed by atoms with van der Waals surface area (Å²) in [5, 5.41) is 0. The van der Waals surface area contributed by atoms with Crippen LogP contribution in [0.5, 0.6) is 0 Å². The normalized spacial score (nSPS) is 10.6. The van der Waals surface area contributed by atoms with E-state index in [9.17, 15) is 0 Å². The van der Waals surface area contributed by atoms with Crippen molar-refractivity contribution < 1.29 is 14.7 Å².